The van der Waals surface area contributed by atoms with Gasteiger partial charge in [-0.25, -0.2) is 4.98 Å². The maximum atomic E-state index is 12.8. The minimum atomic E-state index is -1.25. The smallest absolute Gasteiger partial charge is 0.284 e. The highest BCUT2D eigenvalue weighted by atomic mass is 35.5. The Morgan fingerprint density at radius 3 is 2.69 bits per heavy atom. The molecule has 0 radical (unpaired) electrons. The third-order valence-corrected chi connectivity index (χ3v) is 7.34. The summed E-state index contributed by atoms with van der Waals surface area (Å²) < 4.78 is 8.83. The van der Waals surface area contributed by atoms with Crippen molar-refractivity contribution in [1.29, 1.82) is 5.26 Å². The molecule has 2 aromatic heterocycles. The number of nitriles is 1. The van der Waals surface area contributed by atoms with E-state index in [0.717, 1.165) is 11.6 Å². The maximum Gasteiger partial charge on any atom is 0.284 e. The number of aromatic nitrogens is 4. The Labute approximate surface area is 216 Å². The molecule has 0 aliphatic heterocycles. The normalized spacial score (nSPS) is 12.2. The average Bonchev–Trinajstić information content (AvgIpc) is 3.43. The molecule has 0 spiro atoms. The molecule has 0 fully saturated rings. The van der Waals surface area contributed by atoms with E-state index in [-0.39, 0.29) is 24.3 Å². The summed E-state index contributed by atoms with van der Waals surface area (Å²) >= 11 is 6.12. The van der Waals surface area contributed by atoms with Gasteiger partial charge in [0, 0.05) is 38.7 Å². The number of nitrogens with two attached hydrogens (primary N) is 1. The third kappa shape index (κ3) is 7.27. The lowest BCUT2D eigenvalue weighted by Crippen LogP contribution is -2.36. The van der Waals surface area contributed by atoms with Crippen LogP contribution in [0.1, 0.15) is 33.6 Å². The number of hydrogen-bond acceptors (Lipinski definition) is 6. The topological polar surface area (TPSA) is 141 Å². The molecule has 0 saturated heterocycles. The van der Waals surface area contributed by atoms with Crippen molar-refractivity contribution in [3.8, 4) is 17.3 Å². The molecule has 0 aliphatic carbocycles. The second kappa shape index (κ2) is 11.5. The number of rotatable bonds is 11. The molecule has 190 valence electrons. The molecule has 1 aromatic carbocycles. The van der Waals surface area contributed by atoms with E-state index < -0.39 is 19.9 Å². The number of hydrogen-bond donors (Lipinski definition) is 2. The summed E-state index contributed by atoms with van der Waals surface area (Å²) in [6.45, 7) is 9.64. The number of benzene rings is 1. The molecule has 3 rings (SSSR count). The Kier molecular flexibility index (Phi) is 8.68. The van der Waals surface area contributed by atoms with Crippen LogP contribution in [0, 0.1) is 11.3 Å². The van der Waals surface area contributed by atoms with Gasteiger partial charge in [0.1, 0.15) is 18.5 Å². The zero-order chi connectivity index (χ0) is 26.5. The maximum absolute atomic E-state index is 12.8. The Bertz CT molecular complexity index is 1290. The molecule has 12 heteroatoms. The van der Waals surface area contributed by atoms with Crippen LogP contribution in [-0.2, 0) is 18.0 Å². The fourth-order valence-corrected chi connectivity index (χ4v) is 4.35. The Morgan fingerprint density at radius 1 is 1.31 bits per heavy atom. The predicted octanol–water partition coefficient (Wildman–Crippen LogP) is 3.50. The molecular weight excluding hydrogens is 498 g/mol. The summed E-state index contributed by atoms with van der Waals surface area (Å²) in [5, 5.41) is 16.8. The molecule has 36 heavy (non-hydrogen) atoms. The van der Waals surface area contributed by atoms with Crippen LogP contribution in [0.3, 0.4) is 0 Å². The lowest BCUT2D eigenvalue weighted by Gasteiger charge is -2.15. The van der Waals surface area contributed by atoms with Gasteiger partial charge in [0.15, 0.2) is 0 Å². The van der Waals surface area contributed by atoms with E-state index in [4.69, 9.17) is 27.3 Å². The van der Waals surface area contributed by atoms with Crippen LogP contribution in [0.5, 0.6) is 0 Å². The van der Waals surface area contributed by atoms with Gasteiger partial charge in [-0.05, 0) is 31.2 Å². The summed E-state index contributed by atoms with van der Waals surface area (Å²) in [7, 11) is -1.25. The highest BCUT2D eigenvalue weighted by Gasteiger charge is 2.20. The minimum Gasteiger partial charge on any atom is -0.363 e. The molecule has 0 bridgehead atoms. The summed E-state index contributed by atoms with van der Waals surface area (Å²) in [5.41, 5.74) is 7.40. The molecule has 3 N–H and O–H groups in total. The first kappa shape index (κ1) is 27.1. The van der Waals surface area contributed by atoms with E-state index in [1.165, 1.54) is 10.8 Å². The van der Waals surface area contributed by atoms with Crippen LogP contribution in [0.2, 0.25) is 30.7 Å². The third-order valence-electron chi connectivity index (χ3n) is 5.32. The van der Waals surface area contributed by atoms with E-state index in [9.17, 15) is 9.59 Å². The second-order valence-corrected chi connectivity index (χ2v) is 15.8. The predicted molar refractivity (Wildman–Crippen MR) is 139 cm³/mol. The number of nitrogens with one attached hydrogen (secondary N) is 1. The number of nitrogens with zero attached hydrogens (tertiary/aromatic N) is 5. The van der Waals surface area contributed by atoms with Crippen molar-refractivity contribution in [3.05, 3.63) is 58.8 Å². The number of amides is 2. The lowest BCUT2D eigenvalue weighted by atomic mass is 10.1. The van der Waals surface area contributed by atoms with Gasteiger partial charge in [-0.1, -0.05) is 37.3 Å². The summed E-state index contributed by atoms with van der Waals surface area (Å²) in [4.78, 5) is 28.7. The minimum absolute atomic E-state index is 0.0291. The average molecular weight is 528 g/mol. The number of carbonyl (C=O) groups excluding carboxylic acids is 2. The van der Waals surface area contributed by atoms with Gasteiger partial charge in [0.25, 0.3) is 11.8 Å². The van der Waals surface area contributed by atoms with E-state index in [1.807, 2.05) is 19.1 Å². The highest BCUT2D eigenvalue weighted by Crippen LogP contribution is 2.24. The Hall–Kier alpha value is -3.46. The van der Waals surface area contributed by atoms with E-state index in [0.29, 0.717) is 29.4 Å². The quantitative estimate of drug-likeness (QED) is 0.289. The molecular formula is C24H30ClN7O3Si. The van der Waals surface area contributed by atoms with Crippen molar-refractivity contribution in [1.82, 2.24) is 24.6 Å². The first-order valence-corrected chi connectivity index (χ1v) is 15.5. The molecule has 10 nitrogen and oxygen atoms in total. The highest BCUT2D eigenvalue weighted by molar-refractivity contribution is 6.76. The second-order valence-electron chi connectivity index (χ2n) is 9.74. The molecule has 0 saturated carbocycles. The number of imidazole rings is 1. The Morgan fingerprint density at radius 2 is 2.06 bits per heavy atom. The van der Waals surface area contributed by atoms with Gasteiger partial charge in [0.2, 0.25) is 5.82 Å². The largest absolute Gasteiger partial charge is 0.363 e. The molecule has 0 aliphatic rings. The first-order chi connectivity index (χ1) is 17.0. The molecule has 2 amide bonds. The fraction of sp³-hybridized carbons (Fsp3) is 0.375. The van der Waals surface area contributed by atoms with Crippen LogP contribution >= 0.6 is 11.6 Å². The van der Waals surface area contributed by atoms with Gasteiger partial charge >= 0.3 is 0 Å². The van der Waals surface area contributed by atoms with Crippen LogP contribution in [0.15, 0.2) is 36.7 Å². The van der Waals surface area contributed by atoms with E-state index in [1.54, 1.807) is 29.1 Å². The SMILES string of the molecule is C[C@@H](Cn1ccc(-c2ccc(C#N)c(Cl)c2)n1)NC(=O)c1cn(COCC[Si](C)(C)C)c(C(N)=O)n1. The van der Waals surface area contributed by atoms with Crippen molar-refractivity contribution in [2.45, 2.75) is 51.9 Å². The zero-order valence-corrected chi connectivity index (χ0v) is 22.5. The van der Waals surface area contributed by atoms with Crippen LogP contribution in [-0.4, -0.2) is 51.9 Å². The van der Waals surface area contributed by atoms with Gasteiger partial charge in [-0.3, -0.25) is 14.3 Å². The first-order valence-electron chi connectivity index (χ1n) is 11.5. The van der Waals surface area contributed by atoms with Crippen molar-refractivity contribution in [2.24, 2.45) is 5.73 Å². The number of halogens is 1. The number of carbonyl (C=O) groups is 2. The van der Waals surface area contributed by atoms with Crippen molar-refractivity contribution >= 4 is 31.5 Å². The van der Waals surface area contributed by atoms with E-state index in [2.05, 4.69) is 35.0 Å². The van der Waals surface area contributed by atoms with Gasteiger partial charge in [-0.15, -0.1) is 0 Å². The zero-order valence-electron chi connectivity index (χ0n) is 20.8. The lowest BCUT2D eigenvalue weighted by molar-refractivity contribution is 0.0800. The van der Waals surface area contributed by atoms with Gasteiger partial charge in [-0.2, -0.15) is 10.4 Å². The molecule has 2 heterocycles. The van der Waals surface area contributed by atoms with Crippen molar-refractivity contribution in [3.63, 3.8) is 0 Å². The monoisotopic (exact) mass is 527 g/mol. The summed E-state index contributed by atoms with van der Waals surface area (Å²) in [6.07, 6.45) is 3.26. The molecule has 3 aromatic rings. The summed E-state index contributed by atoms with van der Waals surface area (Å²) in [5.74, 6) is -1.20. The van der Waals surface area contributed by atoms with Crippen LogP contribution in [0.4, 0.5) is 0 Å². The van der Waals surface area contributed by atoms with Gasteiger partial charge in [0.05, 0.1) is 22.8 Å². The standard InChI is InChI=1S/C24H30ClN7O3Si/c1-16(13-32-8-7-20(30-32)17-5-6-18(12-26)19(25)11-17)28-24(34)21-14-31(23(29-21)22(27)33)15-35-9-10-36(2,3)4/h5-8,11,14,16H,9-10,13,15H2,1-4H3,(H2,27,33)(H,28,34)/t16-/m0/s1. The summed E-state index contributed by atoms with van der Waals surface area (Å²) in [6, 6.07) is 9.67. The Balaban J connectivity index is 1.61. The van der Waals surface area contributed by atoms with Crippen molar-refractivity contribution < 1.29 is 14.3 Å². The van der Waals surface area contributed by atoms with E-state index >= 15 is 0 Å². The number of ether oxygens (including phenoxy) is 1. The molecule has 1 atom stereocenters. The van der Waals surface area contributed by atoms with Crippen LogP contribution in [0.25, 0.3) is 11.3 Å². The van der Waals surface area contributed by atoms with Gasteiger partial charge < -0.3 is 20.4 Å². The van der Waals surface area contributed by atoms with Crippen molar-refractivity contribution in [2.75, 3.05) is 6.61 Å². The fourth-order valence-electron chi connectivity index (χ4n) is 3.37. The van der Waals surface area contributed by atoms with Crippen LogP contribution < -0.4 is 11.1 Å². The molecule has 0 unspecified atom stereocenters. The number of primary amides is 1.